The highest BCUT2D eigenvalue weighted by atomic mass is 79.9. The highest BCUT2D eigenvalue weighted by Gasteiger charge is 2.15. The Balaban J connectivity index is 2.32. The van der Waals surface area contributed by atoms with Gasteiger partial charge in [0.2, 0.25) is 0 Å². The van der Waals surface area contributed by atoms with Gasteiger partial charge in [-0.3, -0.25) is 4.79 Å². The van der Waals surface area contributed by atoms with Gasteiger partial charge in [0.15, 0.2) is 11.5 Å². The zero-order chi connectivity index (χ0) is 20.8. The number of hydrogen-bond acceptors (Lipinski definition) is 4. The first-order valence-electron chi connectivity index (χ1n) is 8.79. The molecule has 0 spiro atoms. The molecule has 0 bridgehead atoms. The quantitative estimate of drug-likeness (QED) is 0.479. The van der Waals surface area contributed by atoms with Crippen LogP contribution in [0.2, 0.25) is 0 Å². The molecular formula is C22H23BrN2O3. The van der Waals surface area contributed by atoms with Crippen molar-refractivity contribution in [1.82, 2.24) is 0 Å². The summed E-state index contributed by atoms with van der Waals surface area (Å²) in [6.45, 7) is 7.81. The Morgan fingerprint density at radius 2 is 1.93 bits per heavy atom. The zero-order valence-electron chi connectivity index (χ0n) is 16.6. The van der Waals surface area contributed by atoms with Crippen LogP contribution in [0.15, 0.2) is 40.4 Å². The first-order valence-corrected chi connectivity index (χ1v) is 9.59. The van der Waals surface area contributed by atoms with E-state index in [-0.39, 0.29) is 11.7 Å². The van der Waals surface area contributed by atoms with Crippen LogP contribution in [0.3, 0.4) is 0 Å². The number of ether oxygens (including phenoxy) is 2. The monoisotopic (exact) mass is 442 g/mol. The van der Waals surface area contributed by atoms with Crippen LogP contribution < -0.4 is 14.8 Å². The largest absolute Gasteiger partial charge is 0.493 e. The highest BCUT2D eigenvalue weighted by molar-refractivity contribution is 9.10. The van der Waals surface area contributed by atoms with Crippen molar-refractivity contribution in [2.24, 2.45) is 0 Å². The highest BCUT2D eigenvalue weighted by Crippen LogP contribution is 2.38. The molecule has 0 aliphatic heterocycles. The third-order valence-electron chi connectivity index (χ3n) is 4.05. The van der Waals surface area contributed by atoms with Gasteiger partial charge in [0, 0.05) is 5.69 Å². The molecule has 0 aromatic heterocycles. The van der Waals surface area contributed by atoms with Crippen LogP contribution in [-0.2, 0) is 4.79 Å². The molecule has 0 unspecified atom stereocenters. The lowest BCUT2D eigenvalue weighted by Crippen LogP contribution is -2.13. The molecule has 0 fully saturated rings. The van der Waals surface area contributed by atoms with Crippen LogP contribution in [-0.4, -0.2) is 19.1 Å². The molecule has 0 radical (unpaired) electrons. The molecule has 6 heteroatoms. The van der Waals surface area contributed by atoms with Gasteiger partial charge in [-0.25, -0.2) is 0 Å². The van der Waals surface area contributed by atoms with Crippen molar-refractivity contribution in [2.45, 2.75) is 33.8 Å². The maximum atomic E-state index is 12.5. The van der Waals surface area contributed by atoms with E-state index in [1.165, 1.54) is 6.08 Å². The van der Waals surface area contributed by atoms with Crippen LogP contribution in [0.4, 0.5) is 5.69 Å². The predicted molar refractivity (Wildman–Crippen MR) is 115 cm³/mol. The molecule has 5 nitrogen and oxygen atoms in total. The van der Waals surface area contributed by atoms with E-state index < -0.39 is 5.91 Å². The van der Waals surface area contributed by atoms with Crippen molar-refractivity contribution >= 4 is 33.6 Å². The lowest BCUT2D eigenvalue weighted by atomic mass is 10.1. The maximum absolute atomic E-state index is 12.5. The second-order valence-electron chi connectivity index (χ2n) is 6.62. The molecule has 0 heterocycles. The first-order chi connectivity index (χ1) is 13.2. The fraction of sp³-hybridized carbons (Fsp3) is 0.273. The van der Waals surface area contributed by atoms with Crippen molar-refractivity contribution in [3.05, 3.63) is 57.1 Å². The van der Waals surface area contributed by atoms with Gasteiger partial charge in [0.05, 0.1) is 17.7 Å². The number of amides is 1. The summed E-state index contributed by atoms with van der Waals surface area (Å²) in [4.78, 5) is 12.5. The van der Waals surface area contributed by atoms with Gasteiger partial charge < -0.3 is 14.8 Å². The number of carbonyl (C=O) groups is 1. The minimum absolute atomic E-state index is 0.00953. The van der Waals surface area contributed by atoms with Crippen LogP contribution in [0, 0.1) is 25.2 Å². The Morgan fingerprint density at radius 3 is 2.50 bits per heavy atom. The molecule has 0 saturated carbocycles. The van der Waals surface area contributed by atoms with E-state index in [0.717, 1.165) is 11.1 Å². The Bertz CT molecular complexity index is 959. The van der Waals surface area contributed by atoms with E-state index in [1.807, 2.05) is 52.0 Å². The van der Waals surface area contributed by atoms with Crippen molar-refractivity contribution in [3.63, 3.8) is 0 Å². The molecule has 0 aliphatic rings. The number of methoxy groups -OCH3 is 1. The van der Waals surface area contributed by atoms with Crippen LogP contribution in [0.1, 0.15) is 30.5 Å². The summed E-state index contributed by atoms with van der Waals surface area (Å²) in [5.41, 5.74) is 3.48. The molecule has 2 rings (SSSR count). The summed E-state index contributed by atoms with van der Waals surface area (Å²) in [7, 11) is 1.54. The number of benzene rings is 2. The van der Waals surface area contributed by atoms with Gasteiger partial charge in [-0.2, -0.15) is 5.26 Å². The molecule has 28 heavy (non-hydrogen) atoms. The number of nitriles is 1. The average Bonchev–Trinajstić information content (AvgIpc) is 2.64. The van der Waals surface area contributed by atoms with E-state index in [9.17, 15) is 10.1 Å². The minimum Gasteiger partial charge on any atom is -0.493 e. The first kappa shape index (κ1) is 21.5. The van der Waals surface area contributed by atoms with E-state index >= 15 is 0 Å². The van der Waals surface area contributed by atoms with Gasteiger partial charge in [0.1, 0.15) is 11.6 Å². The second kappa shape index (κ2) is 9.43. The SMILES string of the molecule is COc1cc(/C=C(\C#N)C(=O)Nc2ccc(C)c(C)c2)cc(Br)c1OC(C)C. The third-order valence-corrected chi connectivity index (χ3v) is 4.64. The number of halogens is 1. The Hall–Kier alpha value is -2.78. The molecule has 2 aromatic carbocycles. The molecule has 0 aliphatic carbocycles. The summed E-state index contributed by atoms with van der Waals surface area (Å²) >= 11 is 3.47. The Kier molecular flexibility index (Phi) is 7.24. The summed E-state index contributed by atoms with van der Waals surface area (Å²) in [5.74, 6) is 0.622. The predicted octanol–water partition coefficient (Wildman–Crippen LogP) is 5.41. The maximum Gasteiger partial charge on any atom is 0.266 e. The number of nitrogens with zero attached hydrogens (tertiary/aromatic N) is 1. The van der Waals surface area contributed by atoms with Crippen molar-refractivity contribution in [3.8, 4) is 17.6 Å². The topological polar surface area (TPSA) is 71.3 Å². The summed E-state index contributed by atoms with van der Waals surface area (Å²) in [6, 6.07) is 11.1. The van der Waals surface area contributed by atoms with Gasteiger partial charge in [-0.15, -0.1) is 0 Å². The van der Waals surface area contributed by atoms with Crippen LogP contribution in [0.5, 0.6) is 11.5 Å². The molecule has 146 valence electrons. The molecule has 1 amide bonds. The van der Waals surface area contributed by atoms with Gasteiger partial charge in [-0.1, -0.05) is 6.07 Å². The molecule has 2 aromatic rings. The summed E-state index contributed by atoms with van der Waals surface area (Å²) < 4.78 is 11.8. The van der Waals surface area contributed by atoms with E-state index in [1.54, 1.807) is 19.2 Å². The molecule has 0 atom stereocenters. The number of carbonyl (C=O) groups excluding carboxylic acids is 1. The number of hydrogen-bond donors (Lipinski definition) is 1. The van der Waals surface area contributed by atoms with Crippen molar-refractivity contribution in [1.29, 1.82) is 5.26 Å². The molecular weight excluding hydrogens is 420 g/mol. The summed E-state index contributed by atoms with van der Waals surface area (Å²) in [5, 5.41) is 12.2. The molecule has 0 saturated heterocycles. The number of aryl methyl sites for hydroxylation is 2. The number of rotatable bonds is 6. The van der Waals surface area contributed by atoms with E-state index in [2.05, 4.69) is 21.2 Å². The summed E-state index contributed by atoms with van der Waals surface area (Å²) in [6.07, 6.45) is 1.49. The molecule has 1 N–H and O–H groups in total. The van der Waals surface area contributed by atoms with Gasteiger partial charge in [-0.05, 0) is 90.7 Å². The number of nitrogens with one attached hydrogen (secondary N) is 1. The van der Waals surface area contributed by atoms with Gasteiger partial charge in [0.25, 0.3) is 5.91 Å². The van der Waals surface area contributed by atoms with E-state index in [0.29, 0.717) is 27.2 Å². The normalized spacial score (nSPS) is 11.1. The number of anilines is 1. The van der Waals surface area contributed by atoms with Gasteiger partial charge >= 0.3 is 0 Å². The van der Waals surface area contributed by atoms with Crippen LogP contribution in [0.25, 0.3) is 6.08 Å². The Labute approximate surface area is 174 Å². The zero-order valence-corrected chi connectivity index (χ0v) is 18.2. The second-order valence-corrected chi connectivity index (χ2v) is 7.48. The van der Waals surface area contributed by atoms with Crippen LogP contribution >= 0.6 is 15.9 Å². The fourth-order valence-corrected chi connectivity index (χ4v) is 3.06. The van der Waals surface area contributed by atoms with Crippen molar-refractivity contribution < 1.29 is 14.3 Å². The minimum atomic E-state index is -0.469. The van der Waals surface area contributed by atoms with Crippen molar-refractivity contribution in [2.75, 3.05) is 12.4 Å². The van der Waals surface area contributed by atoms with E-state index in [4.69, 9.17) is 9.47 Å². The Morgan fingerprint density at radius 1 is 1.21 bits per heavy atom. The fourth-order valence-electron chi connectivity index (χ4n) is 2.51. The standard InChI is InChI=1S/C22H23BrN2O3/c1-13(2)28-21-19(23)10-16(11-20(21)27-5)9-17(12-24)22(26)25-18-7-6-14(3)15(4)8-18/h6-11,13H,1-5H3,(H,25,26)/b17-9+. The lowest BCUT2D eigenvalue weighted by Gasteiger charge is -2.16. The smallest absolute Gasteiger partial charge is 0.266 e. The lowest BCUT2D eigenvalue weighted by molar-refractivity contribution is -0.112. The third kappa shape index (κ3) is 5.37. The average molecular weight is 443 g/mol.